The van der Waals surface area contributed by atoms with Gasteiger partial charge in [0.2, 0.25) is 0 Å². The second-order valence-corrected chi connectivity index (χ2v) is 4.64. The zero-order chi connectivity index (χ0) is 12.4. The molecule has 3 nitrogen and oxygen atoms in total. The predicted molar refractivity (Wildman–Crippen MR) is 71.5 cm³/mol. The molecule has 0 spiro atoms. The summed E-state index contributed by atoms with van der Waals surface area (Å²) < 4.78 is 1.88. The maximum absolute atomic E-state index is 6.16. The molecule has 0 aliphatic heterocycles. The van der Waals surface area contributed by atoms with Crippen LogP contribution in [0.15, 0.2) is 24.3 Å². The smallest absolute Gasteiger partial charge is 0.0640 e. The Hall–Kier alpha value is -1.48. The van der Waals surface area contributed by atoms with Crippen LogP contribution >= 0.6 is 11.6 Å². The van der Waals surface area contributed by atoms with E-state index in [-0.39, 0.29) is 0 Å². The van der Waals surface area contributed by atoms with Crippen LogP contribution in [0.4, 0.5) is 5.69 Å². The molecule has 1 aromatic carbocycles. The van der Waals surface area contributed by atoms with Crippen LogP contribution in [0.3, 0.4) is 0 Å². The second-order valence-electron chi connectivity index (χ2n) is 4.24. The van der Waals surface area contributed by atoms with Gasteiger partial charge in [-0.2, -0.15) is 5.10 Å². The lowest BCUT2D eigenvalue weighted by atomic mass is 10.2. The van der Waals surface area contributed by atoms with E-state index in [1.165, 1.54) is 0 Å². The minimum absolute atomic E-state index is 0.722. The molecule has 1 aromatic heterocycles. The topological polar surface area (TPSA) is 29.9 Å². The van der Waals surface area contributed by atoms with E-state index in [0.717, 1.165) is 34.2 Å². The summed E-state index contributed by atoms with van der Waals surface area (Å²) in [6.45, 7) is 4.74. The van der Waals surface area contributed by atoms with Gasteiger partial charge in [-0.3, -0.25) is 4.68 Å². The van der Waals surface area contributed by atoms with Crippen molar-refractivity contribution < 1.29 is 0 Å². The first-order valence-corrected chi connectivity index (χ1v) is 5.93. The Morgan fingerprint density at radius 3 is 2.65 bits per heavy atom. The Balaban J connectivity index is 2.10. The van der Waals surface area contributed by atoms with Crippen LogP contribution < -0.4 is 5.32 Å². The molecule has 1 N–H and O–H groups in total. The number of hydrogen-bond donors (Lipinski definition) is 1. The van der Waals surface area contributed by atoms with Crippen LogP contribution in [0.5, 0.6) is 0 Å². The highest BCUT2D eigenvalue weighted by atomic mass is 35.5. The number of hydrogen-bond acceptors (Lipinski definition) is 2. The number of rotatable bonds is 3. The third-order valence-corrected chi connectivity index (χ3v) is 3.00. The van der Waals surface area contributed by atoms with E-state index >= 15 is 0 Å². The van der Waals surface area contributed by atoms with E-state index in [1.54, 1.807) is 0 Å². The molecule has 2 rings (SSSR count). The summed E-state index contributed by atoms with van der Waals surface area (Å²) in [5.74, 6) is 0. The third-order valence-electron chi connectivity index (χ3n) is 2.68. The van der Waals surface area contributed by atoms with Gasteiger partial charge < -0.3 is 5.32 Å². The lowest BCUT2D eigenvalue weighted by Gasteiger charge is -2.09. The Labute approximate surface area is 106 Å². The summed E-state index contributed by atoms with van der Waals surface area (Å²) in [5.41, 5.74) is 4.28. The van der Waals surface area contributed by atoms with Crippen LogP contribution in [0.1, 0.15) is 17.0 Å². The monoisotopic (exact) mass is 249 g/mol. The molecule has 0 fully saturated rings. The highest BCUT2D eigenvalue weighted by molar-refractivity contribution is 6.33. The van der Waals surface area contributed by atoms with E-state index in [2.05, 4.69) is 16.5 Å². The first-order chi connectivity index (χ1) is 8.06. The van der Waals surface area contributed by atoms with Crippen molar-refractivity contribution in [3.63, 3.8) is 0 Å². The molecule has 0 unspecified atom stereocenters. The lowest BCUT2D eigenvalue weighted by molar-refractivity contribution is 0.713. The van der Waals surface area contributed by atoms with Crippen LogP contribution in [-0.2, 0) is 13.6 Å². The summed E-state index contributed by atoms with van der Waals surface area (Å²) in [5, 5.41) is 8.37. The summed E-state index contributed by atoms with van der Waals surface area (Å²) in [4.78, 5) is 0. The molecule has 2 aromatic rings. The Bertz CT molecular complexity index is 531. The van der Waals surface area contributed by atoms with Gasteiger partial charge in [0.1, 0.15) is 0 Å². The van der Waals surface area contributed by atoms with Crippen LogP contribution in [0, 0.1) is 13.8 Å². The molecule has 4 heteroatoms. The number of anilines is 1. The average Bonchev–Trinajstić information content (AvgIpc) is 2.56. The predicted octanol–water partition coefficient (Wildman–Crippen LogP) is 3.30. The second kappa shape index (κ2) is 4.80. The quantitative estimate of drug-likeness (QED) is 0.905. The number of nitrogens with one attached hydrogen (secondary N) is 1. The minimum atomic E-state index is 0.722. The summed E-state index contributed by atoms with van der Waals surface area (Å²) in [6.07, 6.45) is 0. The molecule has 90 valence electrons. The fraction of sp³-hybridized carbons (Fsp3) is 0.308. The van der Waals surface area contributed by atoms with Crippen molar-refractivity contribution in [3.8, 4) is 0 Å². The van der Waals surface area contributed by atoms with Gasteiger partial charge in [0.15, 0.2) is 0 Å². The number of aromatic nitrogens is 2. The third kappa shape index (κ3) is 2.80. The van der Waals surface area contributed by atoms with Gasteiger partial charge in [-0.05, 0) is 37.6 Å². The van der Waals surface area contributed by atoms with Crippen LogP contribution in [0.2, 0.25) is 5.02 Å². The number of nitrogens with zero attached hydrogens (tertiary/aromatic N) is 2. The fourth-order valence-electron chi connectivity index (χ4n) is 1.78. The van der Waals surface area contributed by atoms with Crippen molar-refractivity contribution in [2.75, 3.05) is 5.32 Å². The fourth-order valence-corrected chi connectivity index (χ4v) is 2.08. The summed E-state index contributed by atoms with van der Waals surface area (Å²) in [6, 6.07) is 8.07. The Morgan fingerprint density at radius 2 is 2.06 bits per heavy atom. The highest BCUT2D eigenvalue weighted by Gasteiger charge is 2.03. The van der Waals surface area contributed by atoms with Crippen molar-refractivity contribution >= 4 is 17.3 Å². The van der Waals surface area contributed by atoms with Gasteiger partial charge in [0.05, 0.1) is 28.6 Å². The van der Waals surface area contributed by atoms with Gasteiger partial charge in [0, 0.05) is 7.05 Å². The normalized spacial score (nSPS) is 10.6. The van der Waals surface area contributed by atoms with Crippen molar-refractivity contribution in [1.82, 2.24) is 9.78 Å². The standard InChI is InChI=1S/C13H16ClN3/c1-9-4-5-13(12(14)6-9)15-8-11-7-10(2)16-17(11)3/h4-7,15H,8H2,1-3H3. The zero-order valence-electron chi connectivity index (χ0n) is 10.3. The highest BCUT2D eigenvalue weighted by Crippen LogP contribution is 2.23. The van der Waals surface area contributed by atoms with Crippen LogP contribution in [-0.4, -0.2) is 9.78 Å². The van der Waals surface area contributed by atoms with Crippen molar-refractivity contribution in [2.24, 2.45) is 7.05 Å². The molecule has 0 bridgehead atoms. The zero-order valence-corrected chi connectivity index (χ0v) is 11.0. The summed E-state index contributed by atoms with van der Waals surface area (Å²) >= 11 is 6.16. The van der Waals surface area contributed by atoms with E-state index in [9.17, 15) is 0 Å². The van der Waals surface area contributed by atoms with Crippen LogP contribution in [0.25, 0.3) is 0 Å². The number of halogens is 1. The SMILES string of the molecule is Cc1ccc(NCc2cc(C)nn2C)c(Cl)c1. The van der Waals surface area contributed by atoms with Gasteiger partial charge in [-0.1, -0.05) is 17.7 Å². The first kappa shape index (κ1) is 12.0. The molecular weight excluding hydrogens is 234 g/mol. The maximum atomic E-state index is 6.16. The molecular formula is C13H16ClN3. The Kier molecular flexibility index (Phi) is 3.38. The minimum Gasteiger partial charge on any atom is -0.378 e. The summed E-state index contributed by atoms with van der Waals surface area (Å²) in [7, 11) is 1.95. The molecule has 0 saturated heterocycles. The van der Waals surface area contributed by atoms with E-state index in [4.69, 9.17) is 11.6 Å². The molecule has 0 saturated carbocycles. The van der Waals surface area contributed by atoms with E-state index in [1.807, 2.05) is 43.8 Å². The van der Waals surface area contributed by atoms with Gasteiger partial charge >= 0.3 is 0 Å². The van der Waals surface area contributed by atoms with Crippen molar-refractivity contribution in [3.05, 3.63) is 46.2 Å². The molecule has 17 heavy (non-hydrogen) atoms. The number of aryl methyl sites for hydroxylation is 3. The molecule has 0 aliphatic carbocycles. The molecule has 0 atom stereocenters. The van der Waals surface area contributed by atoms with Crippen molar-refractivity contribution in [1.29, 1.82) is 0 Å². The van der Waals surface area contributed by atoms with Gasteiger partial charge in [-0.15, -0.1) is 0 Å². The van der Waals surface area contributed by atoms with E-state index in [0.29, 0.717) is 0 Å². The average molecular weight is 250 g/mol. The van der Waals surface area contributed by atoms with Gasteiger partial charge in [0.25, 0.3) is 0 Å². The van der Waals surface area contributed by atoms with Crippen molar-refractivity contribution in [2.45, 2.75) is 20.4 Å². The largest absolute Gasteiger partial charge is 0.378 e. The first-order valence-electron chi connectivity index (χ1n) is 5.56. The maximum Gasteiger partial charge on any atom is 0.0640 e. The molecule has 0 radical (unpaired) electrons. The molecule has 1 heterocycles. The Morgan fingerprint density at radius 1 is 1.29 bits per heavy atom. The lowest BCUT2D eigenvalue weighted by Crippen LogP contribution is -2.05. The molecule has 0 aliphatic rings. The molecule has 0 amide bonds. The van der Waals surface area contributed by atoms with E-state index < -0.39 is 0 Å². The number of benzene rings is 1. The van der Waals surface area contributed by atoms with Gasteiger partial charge in [-0.25, -0.2) is 0 Å².